The van der Waals surface area contributed by atoms with E-state index in [2.05, 4.69) is 16.8 Å². The normalized spacial score (nSPS) is 13.7. The summed E-state index contributed by atoms with van der Waals surface area (Å²) in [6, 6.07) is 5.36. The summed E-state index contributed by atoms with van der Waals surface area (Å²) in [5, 5.41) is 0.456. The first-order valence-electron chi connectivity index (χ1n) is 6.52. The van der Waals surface area contributed by atoms with E-state index in [4.69, 9.17) is 11.6 Å². The zero-order valence-electron chi connectivity index (χ0n) is 10.8. The van der Waals surface area contributed by atoms with Gasteiger partial charge in [0, 0.05) is 29.4 Å². The third-order valence-corrected chi connectivity index (χ3v) is 3.47. The number of carbonyl (C=O) groups is 1. The van der Waals surface area contributed by atoms with E-state index in [1.54, 1.807) is 35.4 Å². The number of nitrogens with zero attached hydrogens (tertiary/aromatic N) is 2. The lowest BCUT2D eigenvalue weighted by molar-refractivity contribution is 0.0972. The molecule has 0 amide bonds. The summed E-state index contributed by atoms with van der Waals surface area (Å²) in [4.78, 5) is 16.1. The topological polar surface area (TPSA) is 34.9 Å². The van der Waals surface area contributed by atoms with Gasteiger partial charge in [0.2, 0.25) is 0 Å². The van der Waals surface area contributed by atoms with E-state index >= 15 is 0 Å². The first kappa shape index (κ1) is 13.0. The van der Waals surface area contributed by atoms with Gasteiger partial charge in [0.25, 0.3) is 0 Å². The second kappa shape index (κ2) is 5.52. The number of hydrogen-bond acceptors (Lipinski definition) is 2. The van der Waals surface area contributed by atoms with Gasteiger partial charge in [0.05, 0.1) is 17.9 Å². The molecule has 100 valence electrons. The Hall–Kier alpha value is -2.05. The Bertz CT molecular complexity index is 691. The number of aromatic nitrogens is 2. The Morgan fingerprint density at radius 1 is 1.45 bits per heavy atom. The summed E-state index contributed by atoms with van der Waals surface area (Å²) in [6.45, 7) is 0.243. The average Bonchev–Trinajstić information content (AvgIpc) is 3.13. The maximum Gasteiger partial charge on any atom is 0.184 e. The Morgan fingerprint density at radius 3 is 2.95 bits per heavy atom. The molecule has 20 heavy (non-hydrogen) atoms. The Balaban J connectivity index is 1.76. The zero-order chi connectivity index (χ0) is 13.9. The van der Waals surface area contributed by atoms with Crippen LogP contribution in [0.4, 0.5) is 0 Å². The van der Waals surface area contributed by atoms with Crippen LogP contribution < -0.4 is 0 Å². The zero-order valence-corrected chi connectivity index (χ0v) is 11.6. The van der Waals surface area contributed by atoms with Gasteiger partial charge in [0.15, 0.2) is 5.78 Å². The van der Waals surface area contributed by atoms with Gasteiger partial charge in [-0.05, 0) is 31.0 Å². The summed E-state index contributed by atoms with van der Waals surface area (Å²) in [5.74, 6) is 6.80. The van der Waals surface area contributed by atoms with E-state index < -0.39 is 0 Å². The van der Waals surface area contributed by atoms with Crippen molar-refractivity contribution in [2.24, 2.45) is 5.92 Å². The van der Waals surface area contributed by atoms with E-state index in [1.807, 2.05) is 6.07 Å². The molecule has 1 aromatic heterocycles. The number of carbonyl (C=O) groups excluding carboxylic acids is 1. The second-order valence-electron chi connectivity index (χ2n) is 4.90. The van der Waals surface area contributed by atoms with Gasteiger partial charge in [-0.2, -0.15) is 0 Å². The number of imidazole rings is 1. The molecule has 0 N–H and O–H groups in total. The van der Waals surface area contributed by atoms with Crippen LogP contribution >= 0.6 is 11.6 Å². The highest BCUT2D eigenvalue weighted by atomic mass is 35.5. The SMILES string of the molecule is O=C(Cn1ccnc1)c1ccc(C#CC2CC2)cc1Cl. The molecule has 0 spiro atoms. The fourth-order valence-corrected chi connectivity index (χ4v) is 2.15. The van der Waals surface area contributed by atoms with Crippen molar-refractivity contribution in [2.75, 3.05) is 0 Å². The fraction of sp³-hybridized carbons (Fsp3) is 0.250. The molecular formula is C16H13ClN2O. The predicted molar refractivity (Wildman–Crippen MR) is 77.6 cm³/mol. The lowest BCUT2D eigenvalue weighted by Gasteiger charge is -2.04. The summed E-state index contributed by atoms with van der Waals surface area (Å²) < 4.78 is 1.72. The first-order chi connectivity index (χ1) is 9.72. The molecule has 1 aliphatic carbocycles. The molecule has 3 rings (SSSR count). The highest BCUT2D eigenvalue weighted by molar-refractivity contribution is 6.34. The molecule has 1 saturated carbocycles. The summed E-state index contributed by atoms with van der Waals surface area (Å²) >= 11 is 6.18. The molecular weight excluding hydrogens is 272 g/mol. The summed E-state index contributed by atoms with van der Waals surface area (Å²) in [5.41, 5.74) is 1.39. The smallest absolute Gasteiger partial charge is 0.184 e. The molecule has 0 atom stereocenters. The average molecular weight is 285 g/mol. The second-order valence-corrected chi connectivity index (χ2v) is 5.30. The molecule has 4 heteroatoms. The Labute approximate surface area is 122 Å². The van der Waals surface area contributed by atoms with Crippen LogP contribution in [0.5, 0.6) is 0 Å². The van der Waals surface area contributed by atoms with Crippen LogP contribution in [0, 0.1) is 17.8 Å². The lowest BCUT2D eigenvalue weighted by Crippen LogP contribution is -2.09. The van der Waals surface area contributed by atoms with Crippen molar-refractivity contribution in [3.63, 3.8) is 0 Å². The lowest BCUT2D eigenvalue weighted by atomic mass is 10.1. The van der Waals surface area contributed by atoms with Crippen molar-refractivity contribution >= 4 is 17.4 Å². The van der Waals surface area contributed by atoms with E-state index in [9.17, 15) is 4.79 Å². The van der Waals surface area contributed by atoms with Crippen LogP contribution in [0.1, 0.15) is 28.8 Å². The van der Waals surface area contributed by atoms with E-state index in [1.165, 1.54) is 12.8 Å². The van der Waals surface area contributed by atoms with E-state index in [0.29, 0.717) is 16.5 Å². The molecule has 2 aromatic rings. The number of benzene rings is 1. The van der Waals surface area contributed by atoms with Crippen LogP contribution in [-0.4, -0.2) is 15.3 Å². The van der Waals surface area contributed by atoms with Crippen molar-refractivity contribution in [2.45, 2.75) is 19.4 Å². The molecule has 1 aromatic carbocycles. The highest BCUT2D eigenvalue weighted by Crippen LogP contribution is 2.27. The van der Waals surface area contributed by atoms with Crippen LogP contribution in [-0.2, 0) is 6.54 Å². The van der Waals surface area contributed by atoms with Crippen molar-refractivity contribution < 1.29 is 4.79 Å². The molecule has 0 unspecified atom stereocenters. The first-order valence-corrected chi connectivity index (χ1v) is 6.90. The third kappa shape index (κ3) is 3.09. The number of halogens is 1. The maximum absolute atomic E-state index is 12.2. The molecule has 1 heterocycles. The standard InChI is InChI=1S/C16H13ClN2O/c17-15-9-13(4-3-12-1-2-12)5-6-14(15)16(20)10-19-8-7-18-11-19/h5-9,11-12H,1-2,10H2. The van der Waals surface area contributed by atoms with Gasteiger partial charge in [-0.15, -0.1) is 0 Å². The minimum absolute atomic E-state index is 0.0327. The summed E-state index contributed by atoms with van der Waals surface area (Å²) in [7, 11) is 0. The molecule has 1 aliphatic rings. The van der Waals surface area contributed by atoms with Crippen LogP contribution in [0.3, 0.4) is 0 Å². The minimum atomic E-state index is -0.0327. The van der Waals surface area contributed by atoms with Gasteiger partial charge in [-0.25, -0.2) is 4.98 Å². The largest absolute Gasteiger partial charge is 0.330 e. The van der Waals surface area contributed by atoms with Crippen molar-refractivity contribution in [1.82, 2.24) is 9.55 Å². The van der Waals surface area contributed by atoms with Crippen LogP contribution in [0.25, 0.3) is 0 Å². The van der Waals surface area contributed by atoms with Gasteiger partial charge in [-0.3, -0.25) is 4.79 Å². The van der Waals surface area contributed by atoms with E-state index in [-0.39, 0.29) is 12.3 Å². The number of Topliss-reactive ketones (excluding diaryl/α,β-unsaturated/α-hetero) is 1. The quantitative estimate of drug-likeness (QED) is 0.641. The van der Waals surface area contributed by atoms with Gasteiger partial charge in [-0.1, -0.05) is 23.4 Å². The third-order valence-electron chi connectivity index (χ3n) is 3.15. The Kier molecular flexibility index (Phi) is 3.58. The van der Waals surface area contributed by atoms with Crippen molar-refractivity contribution in [3.05, 3.63) is 53.1 Å². The number of rotatable bonds is 3. The van der Waals surface area contributed by atoms with E-state index in [0.717, 1.165) is 5.56 Å². The molecule has 0 aliphatic heterocycles. The van der Waals surface area contributed by atoms with Gasteiger partial charge in [0.1, 0.15) is 0 Å². The molecule has 0 bridgehead atoms. The number of hydrogen-bond donors (Lipinski definition) is 0. The van der Waals surface area contributed by atoms with Crippen molar-refractivity contribution in [1.29, 1.82) is 0 Å². The molecule has 1 fully saturated rings. The maximum atomic E-state index is 12.2. The van der Waals surface area contributed by atoms with Crippen molar-refractivity contribution in [3.8, 4) is 11.8 Å². The van der Waals surface area contributed by atoms with Gasteiger partial charge < -0.3 is 4.57 Å². The van der Waals surface area contributed by atoms with Gasteiger partial charge >= 0.3 is 0 Å². The molecule has 3 nitrogen and oxygen atoms in total. The minimum Gasteiger partial charge on any atom is -0.330 e. The van der Waals surface area contributed by atoms with Crippen LogP contribution in [0.2, 0.25) is 5.02 Å². The predicted octanol–water partition coefficient (Wildman–Crippen LogP) is 3.18. The molecule has 0 radical (unpaired) electrons. The number of ketones is 1. The fourth-order valence-electron chi connectivity index (χ4n) is 1.86. The van der Waals surface area contributed by atoms with Crippen LogP contribution in [0.15, 0.2) is 36.9 Å². The molecule has 0 saturated heterocycles. The monoisotopic (exact) mass is 284 g/mol. The Morgan fingerprint density at radius 2 is 2.30 bits per heavy atom. The summed E-state index contributed by atoms with van der Waals surface area (Å²) in [6.07, 6.45) is 7.40. The highest BCUT2D eigenvalue weighted by Gasteiger charge is 2.17.